The molecule has 0 aromatic carbocycles. The average Bonchev–Trinajstić information content (AvgIpc) is 2.09. The van der Waals surface area contributed by atoms with Gasteiger partial charge in [-0.1, -0.05) is 0 Å². The number of carbonyl (C=O) groups excluding carboxylic acids is 2. The highest BCUT2D eigenvalue weighted by Crippen LogP contribution is 2.14. The molecule has 0 aromatic heterocycles. The number of nitrogens with one attached hydrogen (secondary N) is 2. The summed E-state index contributed by atoms with van der Waals surface area (Å²) in [7, 11) is 0. The fraction of sp³-hybridized carbons (Fsp3) is 0.778. The summed E-state index contributed by atoms with van der Waals surface area (Å²) in [6.07, 6.45) is 2.79. The minimum atomic E-state index is -0.123. The zero-order chi connectivity index (χ0) is 9.68. The molecule has 0 spiro atoms. The van der Waals surface area contributed by atoms with E-state index < -0.39 is 0 Å². The molecule has 0 aliphatic heterocycles. The molecular weight excluding hydrogens is 168 g/mol. The average molecular weight is 184 g/mol. The first-order valence-corrected chi connectivity index (χ1v) is 4.78. The second kappa shape index (κ2) is 4.84. The van der Waals surface area contributed by atoms with Crippen molar-refractivity contribution in [3.8, 4) is 0 Å². The quantitative estimate of drug-likeness (QED) is 0.667. The summed E-state index contributed by atoms with van der Waals surface area (Å²) in [6.45, 7) is 2.52. The van der Waals surface area contributed by atoms with Crippen molar-refractivity contribution in [3.63, 3.8) is 0 Å². The van der Waals surface area contributed by atoms with Gasteiger partial charge in [-0.2, -0.15) is 0 Å². The Bertz CT molecular complexity index is 194. The lowest BCUT2D eigenvalue weighted by molar-refractivity contribution is -0.120. The van der Waals surface area contributed by atoms with E-state index in [2.05, 4.69) is 10.6 Å². The third-order valence-electron chi connectivity index (χ3n) is 2.22. The number of amides is 2. The number of ketones is 1. The lowest BCUT2D eigenvalue weighted by atomic mass is 9.94. The third-order valence-corrected chi connectivity index (χ3v) is 2.22. The molecule has 1 rings (SSSR count). The molecule has 0 heterocycles. The predicted octanol–water partition coefficient (Wildman–Crippen LogP) is 0.817. The van der Waals surface area contributed by atoms with Crippen molar-refractivity contribution in [1.82, 2.24) is 10.6 Å². The number of Topliss-reactive ketones (excluding diaryl/α,β-unsaturated/α-hetero) is 1. The molecule has 13 heavy (non-hydrogen) atoms. The summed E-state index contributed by atoms with van der Waals surface area (Å²) in [5, 5.41) is 5.51. The van der Waals surface area contributed by atoms with Gasteiger partial charge in [0.1, 0.15) is 5.78 Å². The van der Waals surface area contributed by atoms with Gasteiger partial charge in [-0.25, -0.2) is 4.79 Å². The fourth-order valence-corrected chi connectivity index (χ4v) is 1.48. The van der Waals surface area contributed by atoms with Crippen LogP contribution in [0.2, 0.25) is 0 Å². The molecule has 2 amide bonds. The van der Waals surface area contributed by atoms with E-state index in [0.29, 0.717) is 25.2 Å². The van der Waals surface area contributed by atoms with Crippen molar-refractivity contribution in [2.24, 2.45) is 0 Å². The molecule has 0 unspecified atom stereocenters. The minimum absolute atomic E-state index is 0.123. The molecule has 0 aromatic rings. The van der Waals surface area contributed by atoms with Gasteiger partial charge in [-0.3, -0.25) is 4.79 Å². The van der Waals surface area contributed by atoms with E-state index >= 15 is 0 Å². The highest BCUT2D eigenvalue weighted by Gasteiger charge is 2.19. The van der Waals surface area contributed by atoms with Crippen LogP contribution in [0, 0.1) is 0 Å². The van der Waals surface area contributed by atoms with Crippen molar-refractivity contribution in [1.29, 1.82) is 0 Å². The van der Waals surface area contributed by atoms with Crippen LogP contribution in [0.3, 0.4) is 0 Å². The van der Waals surface area contributed by atoms with E-state index in [1.807, 2.05) is 6.92 Å². The molecule has 1 aliphatic rings. The molecule has 0 radical (unpaired) electrons. The summed E-state index contributed by atoms with van der Waals surface area (Å²) < 4.78 is 0. The van der Waals surface area contributed by atoms with Gasteiger partial charge in [-0.15, -0.1) is 0 Å². The van der Waals surface area contributed by atoms with Crippen molar-refractivity contribution in [2.45, 2.75) is 38.6 Å². The van der Waals surface area contributed by atoms with Crippen LogP contribution >= 0.6 is 0 Å². The standard InChI is InChI=1S/C9H16N2O2/c1-2-10-9(13)11-7-3-5-8(12)6-4-7/h7H,2-6H2,1H3,(H2,10,11,13). The van der Waals surface area contributed by atoms with E-state index in [9.17, 15) is 9.59 Å². The van der Waals surface area contributed by atoms with Gasteiger partial charge in [0.15, 0.2) is 0 Å². The monoisotopic (exact) mass is 184 g/mol. The number of rotatable bonds is 2. The van der Waals surface area contributed by atoms with Gasteiger partial charge in [0.2, 0.25) is 0 Å². The maximum atomic E-state index is 11.1. The zero-order valence-corrected chi connectivity index (χ0v) is 7.93. The summed E-state index contributed by atoms with van der Waals surface area (Å²) in [5.41, 5.74) is 0. The van der Waals surface area contributed by atoms with Crippen molar-refractivity contribution in [3.05, 3.63) is 0 Å². The summed E-state index contributed by atoms with van der Waals surface area (Å²) >= 11 is 0. The highest BCUT2D eigenvalue weighted by molar-refractivity contribution is 5.80. The van der Waals surface area contributed by atoms with Crippen LogP contribution in [0.25, 0.3) is 0 Å². The number of hydrogen-bond donors (Lipinski definition) is 2. The normalized spacial score (nSPS) is 18.4. The van der Waals surface area contributed by atoms with E-state index in [4.69, 9.17) is 0 Å². The Labute approximate surface area is 78.1 Å². The summed E-state index contributed by atoms with van der Waals surface area (Å²) in [4.78, 5) is 22.0. The molecule has 4 nitrogen and oxygen atoms in total. The Morgan fingerprint density at radius 3 is 2.62 bits per heavy atom. The summed E-state index contributed by atoms with van der Waals surface area (Å²) in [6, 6.07) is 0.0612. The maximum Gasteiger partial charge on any atom is 0.314 e. The van der Waals surface area contributed by atoms with Gasteiger partial charge >= 0.3 is 6.03 Å². The van der Waals surface area contributed by atoms with Gasteiger partial charge in [0.25, 0.3) is 0 Å². The van der Waals surface area contributed by atoms with E-state index in [0.717, 1.165) is 12.8 Å². The Kier molecular flexibility index (Phi) is 3.73. The third kappa shape index (κ3) is 3.44. The molecular formula is C9H16N2O2. The largest absolute Gasteiger partial charge is 0.338 e. The molecule has 0 saturated heterocycles. The van der Waals surface area contributed by atoms with Gasteiger partial charge in [0.05, 0.1) is 0 Å². The van der Waals surface area contributed by atoms with Gasteiger partial charge in [0, 0.05) is 25.4 Å². The molecule has 1 fully saturated rings. The molecule has 2 N–H and O–H groups in total. The lowest BCUT2D eigenvalue weighted by Gasteiger charge is -2.21. The van der Waals surface area contributed by atoms with E-state index in [-0.39, 0.29) is 12.1 Å². The van der Waals surface area contributed by atoms with Crippen molar-refractivity contribution >= 4 is 11.8 Å². The molecule has 4 heteroatoms. The Hall–Kier alpha value is -1.06. The van der Waals surface area contributed by atoms with Crippen LogP contribution in [0.4, 0.5) is 4.79 Å². The summed E-state index contributed by atoms with van der Waals surface area (Å²) in [5.74, 6) is 0.314. The molecule has 0 atom stereocenters. The van der Waals surface area contributed by atoms with Gasteiger partial charge in [-0.05, 0) is 19.8 Å². The van der Waals surface area contributed by atoms with Crippen LogP contribution < -0.4 is 10.6 Å². The lowest BCUT2D eigenvalue weighted by Crippen LogP contribution is -2.43. The first-order chi connectivity index (χ1) is 6.22. The van der Waals surface area contributed by atoms with Gasteiger partial charge < -0.3 is 10.6 Å². The predicted molar refractivity (Wildman–Crippen MR) is 49.5 cm³/mol. The Morgan fingerprint density at radius 2 is 2.08 bits per heavy atom. The Morgan fingerprint density at radius 1 is 1.46 bits per heavy atom. The number of urea groups is 1. The smallest absolute Gasteiger partial charge is 0.314 e. The minimum Gasteiger partial charge on any atom is -0.338 e. The highest BCUT2D eigenvalue weighted by atomic mass is 16.2. The molecule has 74 valence electrons. The maximum absolute atomic E-state index is 11.1. The van der Waals surface area contributed by atoms with E-state index in [1.54, 1.807) is 0 Å². The molecule has 1 saturated carbocycles. The Balaban J connectivity index is 2.22. The zero-order valence-electron chi connectivity index (χ0n) is 7.93. The second-order valence-corrected chi connectivity index (χ2v) is 3.32. The molecule has 1 aliphatic carbocycles. The van der Waals surface area contributed by atoms with Crippen LogP contribution in [-0.4, -0.2) is 24.4 Å². The van der Waals surface area contributed by atoms with Crippen molar-refractivity contribution in [2.75, 3.05) is 6.54 Å². The van der Waals surface area contributed by atoms with Crippen LogP contribution in [-0.2, 0) is 4.79 Å². The van der Waals surface area contributed by atoms with E-state index in [1.165, 1.54) is 0 Å². The topological polar surface area (TPSA) is 58.2 Å². The first-order valence-electron chi connectivity index (χ1n) is 4.78. The second-order valence-electron chi connectivity index (χ2n) is 3.32. The van der Waals surface area contributed by atoms with Crippen LogP contribution in [0.5, 0.6) is 0 Å². The first kappa shape index (κ1) is 10.0. The van der Waals surface area contributed by atoms with Crippen LogP contribution in [0.15, 0.2) is 0 Å². The van der Waals surface area contributed by atoms with Crippen LogP contribution in [0.1, 0.15) is 32.6 Å². The SMILES string of the molecule is CCNC(=O)NC1CCC(=O)CC1. The number of hydrogen-bond acceptors (Lipinski definition) is 2. The van der Waals surface area contributed by atoms with Crippen molar-refractivity contribution < 1.29 is 9.59 Å². The number of carbonyl (C=O) groups is 2. The fourth-order valence-electron chi connectivity index (χ4n) is 1.48. The molecule has 0 bridgehead atoms.